The van der Waals surface area contributed by atoms with Crippen LogP contribution in [0.1, 0.15) is 39.3 Å². The fraction of sp³-hybridized carbons (Fsp3) is 0.269. The van der Waals surface area contributed by atoms with E-state index in [9.17, 15) is 4.79 Å². The third-order valence-corrected chi connectivity index (χ3v) is 6.69. The number of benzene rings is 2. The van der Waals surface area contributed by atoms with Crippen molar-refractivity contribution in [1.29, 1.82) is 0 Å². The first-order valence-electron chi connectivity index (χ1n) is 11.2. The predicted molar refractivity (Wildman–Crippen MR) is 129 cm³/mol. The smallest absolute Gasteiger partial charge is 0.277 e. The van der Waals surface area contributed by atoms with Gasteiger partial charge in [-0.15, -0.1) is 10.2 Å². The van der Waals surface area contributed by atoms with Gasteiger partial charge in [-0.25, -0.2) is 0 Å². The van der Waals surface area contributed by atoms with Gasteiger partial charge in [-0.2, -0.15) is 0 Å². The average molecular weight is 476 g/mol. The largest absolute Gasteiger partial charge is 0.485 e. The SMILES string of the molecule is Cc1cc(C(=O)CSc2nnc(C3COc4ccccc4O3)o2)c(C)n1CCc1ccccc1. The highest BCUT2D eigenvalue weighted by Crippen LogP contribution is 2.36. The Balaban J connectivity index is 1.19. The van der Waals surface area contributed by atoms with E-state index in [0.29, 0.717) is 22.6 Å². The van der Waals surface area contributed by atoms with Crippen LogP contribution in [0.5, 0.6) is 11.5 Å². The van der Waals surface area contributed by atoms with Gasteiger partial charge in [0.15, 0.2) is 17.3 Å². The third-order valence-electron chi connectivity index (χ3n) is 5.87. The molecule has 1 aliphatic rings. The lowest BCUT2D eigenvalue weighted by Crippen LogP contribution is -2.21. The number of aryl methyl sites for hydroxylation is 2. The van der Waals surface area contributed by atoms with Crippen molar-refractivity contribution in [3.63, 3.8) is 0 Å². The fourth-order valence-corrected chi connectivity index (χ4v) is 4.72. The molecule has 3 heterocycles. The van der Waals surface area contributed by atoms with Crippen LogP contribution in [0, 0.1) is 13.8 Å². The lowest BCUT2D eigenvalue weighted by molar-refractivity contribution is 0.0686. The summed E-state index contributed by atoms with van der Waals surface area (Å²) in [4.78, 5) is 13.0. The summed E-state index contributed by atoms with van der Waals surface area (Å²) in [6.45, 7) is 5.16. The van der Waals surface area contributed by atoms with E-state index in [4.69, 9.17) is 13.9 Å². The van der Waals surface area contributed by atoms with Crippen LogP contribution in [0.4, 0.5) is 0 Å². The Morgan fingerprint density at radius 2 is 1.82 bits per heavy atom. The molecular formula is C26H25N3O4S. The Hall–Kier alpha value is -3.52. The van der Waals surface area contributed by atoms with Crippen molar-refractivity contribution in [2.45, 2.75) is 38.1 Å². The molecular weight excluding hydrogens is 450 g/mol. The summed E-state index contributed by atoms with van der Waals surface area (Å²) in [5.41, 5.74) is 4.08. The summed E-state index contributed by atoms with van der Waals surface area (Å²) in [6, 6.07) is 19.8. The summed E-state index contributed by atoms with van der Waals surface area (Å²) in [5.74, 6) is 1.93. The van der Waals surface area contributed by atoms with Gasteiger partial charge in [0.1, 0.15) is 6.61 Å². The number of nitrogens with zero attached hydrogens (tertiary/aromatic N) is 3. The van der Waals surface area contributed by atoms with Gasteiger partial charge in [-0.1, -0.05) is 54.2 Å². The Kier molecular flexibility index (Phi) is 6.40. The van der Waals surface area contributed by atoms with Crippen LogP contribution in [0.15, 0.2) is 70.3 Å². The normalized spacial score (nSPS) is 14.8. The molecule has 7 nitrogen and oxygen atoms in total. The average Bonchev–Trinajstić information content (AvgIpc) is 3.46. The molecule has 2 aromatic carbocycles. The number of ether oxygens (including phenoxy) is 2. The van der Waals surface area contributed by atoms with Gasteiger partial charge in [-0.05, 0) is 44.0 Å². The van der Waals surface area contributed by atoms with E-state index >= 15 is 0 Å². The van der Waals surface area contributed by atoms with E-state index in [1.165, 1.54) is 17.3 Å². The number of Topliss-reactive ketones (excluding diaryl/α,β-unsaturated/α-hetero) is 1. The molecule has 0 amide bonds. The fourth-order valence-electron chi connectivity index (χ4n) is 4.07. The minimum absolute atomic E-state index is 0.0370. The van der Waals surface area contributed by atoms with E-state index in [2.05, 4.69) is 26.9 Å². The molecule has 2 aromatic heterocycles. The zero-order valence-corrected chi connectivity index (χ0v) is 19.9. The quantitative estimate of drug-likeness (QED) is 0.255. The Morgan fingerprint density at radius 3 is 2.65 bits per heavy atom. The lowest BCUT2D eigenvalue weighted by atomic mass is 10.1. The molecule has 0 aliphatic carbocycles. The molecule has 0 fully saturated rings. The highest BCUT2D eigenvalue weighted by Gasteiger charge is 2.27. The summed E-state index contributed by atoms with van der Waals surface area (Å²) < 4.78 is 19.6. The standard InChI is InChI=1S/C26H25N3O4S/c1-17-14-20(18(2)29(17)13-12-19-8-4-3-5-9-19)21(30)16-34-26-28-27-25(33-26)24-15-31-22-10-6-7-11-23(22)32-24/h3-11,14,24H,12-13,15-16H2,1-2H3. The van der Waals surface area contributed by atoms with E-state index in [-0.39, 0.29) is 18.1 Å². The molecule has 5 rings (SSSR count). The van der Waals surface area contributed by atoms with Gasteiger partial charge in [0.05, 0.1) is 5.75 Å². The highest BCUT2D eigenvalue weighted by atomic mass is 32.2. The maximum atomic E-state index is 13.0. The van der Waals surface area contributed by atoms with E-state index in [1.54, 1.807) is 0 Å². The topological polar surface area (TPSA) is 79.4 Å². The summed E-state index contributed by atoms with van der Waals surface area (Å²) >= 11 is 1.23. The summed E-state index contributed by atoms with van der Waals surface area (Å²) in [5, 5.41) is 8.51. The summed E-state index contributed by atoms with van der Waals surface area (Å²) in [6.07, 6.45) is 0.442. The van der Waals surface area contributed by atoms with Crippen LogP contribution in [0.25, 0.3) is 0 Å². The van der Waals surface area contributed by atoms with Crippen LogP contribution in [0.2, 0.25) is 0 Å². The highest BCUT2D eigenvalue weighted by molar-refractivity contribution is 7.99. The Labute approximate surface area is 202 Å². The minimum Gasteiger partial charge on any atom is -0.485 e. The molecule has 1 unspecified atom stereocenters. The van der Waals surface area contributed by atoms with Crippen LogP contribution in [-0.4, -0.2) is 32.9 Å². The number of rotatable bonds is 8. The molecule has 8 heteroatoms. The van der Waals surface area contributed by atoms with Gasteiger partial charge in [-0.3, -0.25) is 4.79 Å². The second-order valence-corrected chi connectivity index (χ2v) is 9.08. The van der Waals surface area contributed by atoms with Crippen molar-refractivity contribution in [2.24, 2.45) is 0 Å². The number of ketones is 1. The maximum absolute atomic E-state index is 13.0. The number of carbonyl (C=O) groups excluding carboxylic acids is 1. The number of carbonyl (C=O) groups is 1. The molecule has 0 N–H and O–H groups in total. The second kappa shape index (κ2) is 9.77. The van der Waals surface area contributed by atoms with Crippen molar-refractivity contribution >= 4 is 17.5 Å². The molecule has 1 aliphatic heterocycles. The first-order valence-corrected chi connectivity index (χ1v) is 12.2. The Morgan fingerprint density at radius 1 is 1.06 bits per heavy atom. The predicted octanol–water partition coefficient (Wildman–Crippen LogP) is 5.22. The number of hydrogen-bond donors (Lipinski definition) is 0. The molecule has 0 bridgehead atoms. The van der Waals surface area contributed by atoms with Gasteiger partial charge >= 0.3 is 0 Å². The molecule has 174 valence electrons. The second-order valence-electron chi connectivity index (χ2n) is 8.15. The molecule has 34 heavy (non-hydrogen) atoms. The van der Waals surface area contributed by atoms with E-state index < -0.39 is 6.10 Å². The number of thioether (sulfide) groups is 1. The van der Waals surface area contributed by atoms with Crippen LogP contribution in [-0.2, 0) is 13.0 Å². The van der Waals surface area contributed by atoms with Crippen LogP contribution >= 0.6 is 11.8 Å². The van der Waals surface area contributed by atoms with Crippen molar-refractivity contribution in [1.82, 2.24) is 14.8 Å². The number of para-hydroxylation sites is 2. The molecule has 0 saturated carbocycles. The first-order chi connectivity index (χ1) is 16.6. The van der Waals surface area contributed by atoms with Crippen molar-refractivity contribution in [2.75, 3.05) is 12.4 Å². The van der Waals surface area contributed by atoms with Gasteiger partial charge in [0, 0.05) is 23.5 Å². The molecule has 0 saturated heterocycles. The van der Waals surface area contributed by atoms with Gasteiger partial charge in [0.2, 0.25) is 6.10 Å². The Bertz CT molecular complexity index is 1300. The van der Waals surface area contributed by atoms with Crippen molar-refractivity contribution in [3.05, 3.63) is 89.1 Å². The molecule has 4 aromatic rings. The first kappa shape index (κ1) is 22.3. The zero-order chi connectivity index (χ0) is 23.5. The van der Waals surface area contributed by atoms with Gasteiger partial charge < -0.3 is 18.5 Å². The summed E-state index contributed by atoms with van der Waals surface area (Å²) in [7, 11) is 0. The van der Waals surface area contributed by atoms with Crippen molar-refractivity contribution < 1.29 is 18.7 Å². The zero-order valence-electron chi connectivity index (χ0n) is 19.1. The molecule has 0 spiro atoms. The number of hydrogen-bond acceptors (Lipinski definition) is 7. The monoisotopic (exact) mass is 475 g/mol. The van der Waals surface area contributed by atoms with Crippen LogP contribution in [0.3, 0.4) is 0 Å². The van der Waals surface area contributed by atoms with Gasteiger partial charge in [0.25, 0.3) is 11.1 Å². The lowest BCUT2D eigenvalue weighted by Gasteiger charge is -2.23. The number of aromatic nitrogens is 3. The molecule has 1 atom stereocenters. The third kappa shape index (κ3) is 4.72. The maximum Gasteiger partial charge on any atom is 0.277 e. The number of fused-ring (bicyclic) bond motifs is 1. The minimum atomic E-state index is -0.476. The molecule has 0 radical (unpaired) electrons. The van der Waals surface area contributed by atoms with Crippen LogP contribution < -0.4 is 9.47 Å². The van der Waals surface area contributed by atoms with Crippen molar-refractivity contribution in [3.8, 4) is 11.5 Å². The van der Waals surface area contributed by atoms with E-state index in [1.807, 2.05) is 62.4 Å². The van der Waals surface area contributed by atoms with E-state index in [0.717, 1.165) is 29.9 Å².